The summed E-state index contributed by atoms with van der Waals surface area (Å²) in [6, 6.07) is 4.49. The Morgan fingerprint density at radius 2 is 1.92 bits per heavy atom. The topological polar surface area (TPSA) is 104 Å². The molecule has 25 heavy (non-hydrogen) atoms. The highest BCUT2D eigenvalue weighted by molar-refractivity contribution is 6.16. The van der Waals surface area contributed by atoms with Gasteiger partial charge in [-0.25, -0.2) is 0 Å². The number of carbonyl (C=O) groups is 2. The molecule has 2 fully saturated rings. The lowest BCUT2D eigenvalue weighted by Crippen LogP contribution is -2.40. The number of hydrogen-bond acceptors (Lipinski definition) is 6. The van der Waals surface area contributed by atoms with Gasteiger partial charge in [-0.2, -0.15) is 0 Å². The molecule has 1 aromatic rings. The Bertz CT molecular complexity index is 690. The van der Waals surface area contributed by atoms with E-state index in [1.807, 2.05) is 4.90 Å². The summed E-state index contributed by atoms with van der Waals surface area (Å²) in [6.45, 7) is 1.29. The van der Waals surface area contributed by atoms with E-state index in [0.717, 1.165) is 17.7 Å². The number of anilines is 2. The molecule has 8 nitrogen and oxygen atoms in total. The molecule has 2 saturated heterocycles. The van der Waals surface area contributed by atoms with Crippen molar-refractivity contribution < 1.29 is 19.6 Å². The number of aliphatic hydroxyl groups excluding tert-OH is 1. The number of carbonyl (C=O) groups excluding carboxylic acids is 2. The number of nitrogens with zero attached hydrogens (tertiary/aromatic N) is 3. The monoisotopic (exact) mass is 347 g/mol. The van der Waals surface area contributed by atoms with Crippen molar-refractivity contribution in [3.63, 3.8) is 0 Å². The molecule has 134 valence electrons. The Morgan fingerprint density at radius 3 is 2.56 bits per heavy atom. The van der Waals surface area contributed by atoms with Crippen LogP contribution >= 0.6 is 0 Å². The molecule has 2 heterocycles. The predicted octanol–water partition coefficient (Wildman–Crippen LogP) is 1.85. The normalized spacial score (nSPS) is 21.6. The molecule has 0 bridgehead atoms. The van der Waals surface area contributed by atoms with Gasteiger partial charge >= 0.3 is 0 Å². The third-order valence-corrected chi connectivity index (χ3v) is 4.81. The molecule has 2 aliphatic rings. The minimum atomic E-state index is -0.486. The molecule has 0 radical (unpaired) electrons. The second-order valence-electron chi connectivity index (χ2n) is 6.54. The molecule has 1 aromatic carbocycles. The van der Waals surface area contributed by atoms with Gasteiger partial charge in [-0.15, -0.1) is 0 Å². The molecule has 2 aliphatic heterocycles. The van der Waals surface area contributed by atoms with Crippen LogP contribution in [0.3, 0.4) is 0 Å². The maximum Gasteiger partial charge on any atom is 0.294 e. The maximum absolute atomic E-state index is 12.1. The molecule has 1 N–H and O–H groups in total. The van der Waals surface area contributed by atoms with E-state index in [9.17, 15) is 24.8 Å². The fourth-order valence-corrected chi connectivity index (χ4v) is 3.54. The molecule has 3 rings (SSSR count). The third-order valence-electron chi connectivity index (χ3n) is 4.81. The number of piperidine rings is 2. The Hall–Kier alpha value is -2.48. The van der Waals surface area contributed by atoms with Gasteiger partial charge in [0.15, 0.2) is 0 Å². The molecular formula is C17H21N3O5. The van der Waals surface area contributed by atoms with Crippen molar-refractivity contribution in [1.29, 1.82) is 0 Å². The van der Waals surface area contributed by atoms with E-state index in [1.165, 1.54) is 6.07 Å². The summed E-state index contributed by atoms with van der Waals surface area (Å²) in [5.41, 5.74) is 0.590. The number of aliphatic hydroxyl groups is 1. The summed E-state index contributed by atoms with van der Waals surface area (Å²) in [6.07, 6.45) is 2.81. The quantitative estimate of drug-likeness (QED) is 0.506. The first-order valence-electron chi connectivity index (χ1n) is 8.51. The summed E-state index contributed by atoms with van der Waals surface area (Å²) in [7, 11) is 0. The number of benzene rings is 1. The van der Waals surface area contributed by atoms with Crippen LogP contribution in [0.5, 0.6) is 0 Å². The summed E-state index contributed by atoms with van der Waals surface area (Å²) in [5.74, 6) is -0.550. The lowest BCUT2D eigenvalue weighted by Gasteiger charge is -2.33. The van der Waals surface area contributed by atoms with E-state index in [-0.39, 0.29) is 48.6 Å². The number of rotatable bonds is 4. The van der Waals surface area contributed by atoms with E-state index < -0.39 is 4.92 Å². The largest absolute Gasteiger partial charge is 0.396 e. The first kappa shape index (κ1) is 17.3. The molecule has 0 spiro atoms. The SMILES string of the molecule is O=C1CCCC(=O)N1c1ccc(N2CCCC(CO)C2)c([N+](=O)[O-])c1. The number of hydrogen-bond donors (Lipinski definition) is 1. The molecule has 0 aliphatic carbocycles. The predicted molar refractivity (Wildman–Crippen MR) is 91.5 cm³/mol. The van der Waals surface area contributed by atoms with Gasteiger partial charge in [0.05, 0.1) is 10.6 Å². The average molecular weight is 347 g/mol. The second kappa shape index (κ2) is 7.18. The third kappa shape index (κ3) is 3.48. The maximum atomic E-state index is 12.1. The number of nitro benzene ring substituents is 1. The summed E-state index contributed by atoms with van der Waals surface area (Å²) in [4.78, 5) is 38.1. The van der Waals surface area contributed by atoms with Crippen molar-refractivity contribution in [3.8, 4) is 0 Å². The minimum Gasteiger partial charge on any atom is -0.396 e. The van der Waals surface area contributed by atoms with Crippen molar-refractivity contribution >= 4 is 28.9 Å². The fourth-order valence-electron chi connectivity index (χ4n) is 3.54. The highest BCUT2D eigenvalue weighted by Crippen LogP contribution is 2.35. The van der Waals surface area contributed by atoms with Crippen molar-refractivity contribution in [2.24, 2.45) is 5.92 Å². The van der Waals surface area contributed by atoms with Gasteiger partial charge in [0.2, 0.25) is 11.8 Å². The zero-order valence-electron chi connectivity index (χ0n) is 13.9. The van der Waals surface area contributed by atoms with Crippen LogP contribution in [-0.4, -0.2) is 41.5 Å². The average Bonchev–Trinajstić information content (AvgIpc) is 2.61. The van der Waals surface area contributed by atoms with Gasteiger partial charge in [0.1, 0.15) is 5.69 Å². The van der Waals surface area contributed by atoms with E-state index in [0.29, 0.717) is 25.2 Å². The number of amides is 2. The number of imide groups is 1. The van der Waals surface area contributed by atoms with Crippen LogP contribution in [0, 0.1) is 16.0 Å². The van der Waals surface area contributed by atoms with Gasteiger partial charge < -0.3 is 10.0 Å². The molecule has 1 atom stereocenters. The van der Waals surface area contributed by atoms with Crippen molar-refractivity contribution in [2.45, 2.75) is 32.1 Å². The molecule has 0 aromatic heterocycles. The summed E-state index contributed by atoms with van der Waals surface area (Å²) in [5, 5.41) is 20.9. The smallest absolute Gasteiger partial charge is 0.294 e. The van der Waals surface area contributed by atoms with Crippen LogP contribution in [-0.2, 0) is 9.59 Å². The Balaban J connectivity index is 1.94. The highest BCUT2D eigenvalue weighted by Gasteiger charge is 2.31. The second-order valence-corrected chi connectivity index (χ2v) is 6.54. The van der Waals surface area contributed by atoms with E-state index in [1.54, 1.807) is 12.1 Å². The molecule has 0 saturated carbocycles. The fraction of sp³-hybridized carbons (Fsp3) is 0.529. The van der Waals surface area contributed by atoms with E-state index >= 15 is 0 Å². The standard InChI is InChI=1S/C17H21N3O5/c21-11-12-3-2-8-18(10-12)14-7-6-13(9-15(14)20(24)25)19-16(22)4-1-5-17(19)23/h6-7,9,12,21H,1-5,8,10-11H2. The van der Waals surface area contributed by atoms with Crippen LogP contribution in [0.1, 0.15) is 32.1 Å². The first-order valence-corrected chi connectivity index (χ1v) is 8.51. The van der Waals surface area contributed by atoms with Crippen LogP contribution < -0.4 is 9.80 Å². The minimum absolute atomic E-state index is 0.0547. The van der Waals surface area contributed by atoms with Crippen LogP contribution in [0.25, 0.3) is 0 Å². The van der Waals surface area contributed by atoms with Gasteiger partial charge in [-0.1, -0.05) is 0 Å². The highest BCUT2D eigenvalue weighted by atomic mass is 16.6. The summed E-state index contributed by atoms with van der Waals surface area (Å²) >= 11 is 0. The van der Waals surface area contributed by atoms with Crippen LogP contribution in [0.2, 0.25) is 0 Å². The zero-order chi connectivity index (χ0) is 18.0. The summed E-state index contributed by atoms with van der Waals surface area (Å²) < 4.78 is 0. The zero-order valence-corrected chi connectivity index (χ0v) is 13.9. The van der Waals surface area contributed by atoms with E-state index in [4.69, 9.17) is 0 Å². The Morgan fingerprint density at radius 1 is 1.20 bits per heavy atom. The molecule has 2 amide bonds. The van der Waals surface area contributed by atoms with Crippen molar-refractivity contribution in [1.82, 2.24) is 0 Å². The molecular weight excluding hydrogens is 326 g/mol. The van der Waals surface area contributed by atoms with Crippen molar-refractivity contribution in [2.75, 3.05) is 29.5 Å². The molecule has 8 heteroatoms. The van der Waals surface area contributed by atoms with Crippen molar-refractivity contribution in [3.05, 3.63) is 28.3 Å². The van der Waals surface area contributed by atoms with E-state index in [2.05, 4.69) is 0 Å². The molecule has 1 unspecified atom stereocenters. The van der Waals surface area contributed by atoms with Gasteiger partial charge in [0.25, 0.3) is 5.69 Å². The van der Waals surface area contributed by atoms with Gasteiger partial charge in [-0.3, -0.25) is 24.6 Å². The number of nitro groups is 1. The first-order chi connectivity index (χ1) is 12.0. The van der Waals surface area contributed by atoms with Gasteiger partial charge in [0, 0.05) is 38.6 Å². The lowest BCUT2D eigenvalue weighted by atomic mass is 9.98. The van der Waals surface area contributed by atoms with Crippen LogP contribution in [0.15, 0.2) is 18.2 Å². The lowest BCUT2D eigenvalue weighted by molar-refractivity contribution is -0.384. The van der Waals surface area contributed by atoms with Gasteiger partial charge in [-0.05, 0) is 37.3 Å². The van der Waals surface area contributed by atoms with Crippen LogP contribution in [0.4, 0.5) is 17.1 Å². The Labute approximate surface area is 145 Å². The Kier molecular flexibility index (Phi) is 4.98.